The summed E-state index contributed by atoms with van der Waals surface area (Å²) in [5, 5.41) is 12.3. The van der Waals surface area contributed by atoms with Gasteiger partial charge in [-0.2, -0.15) is 0 Å². The van der Waals surface area contributed by atoms with Crippen molar-refractivity contribution >= 4 is 28.2 Å². The molecule has 1 N–H and O–H groups in total. The number of amides is 1. The van der Waals surface area contributed by atoms with E-state index in [1.54, 1.807) is 0 Å². The first-order valence-corrected chi connectivity index (χ1v) is 8.58. The number of ketones is 1. The Morgan fingerprint density at radius 2 is 1.96 bits per heavy atom. The summed E-state index contributed by atoms with van der Waals surface area (Å²) in [5.41, 5.74) is 2.90. The lowest BCUT2D eigenvalue weighted by Crippen LogP contribution is -2.13. The average Bonchev–Trinajstić information content (AvgIpc) is 3.28. The van der Waals surface area contributed by atoms with Crippen LogP contribution in [0.3, 0.4) is 0 Å². The number of carbonyl (C=O) groups is 2. The largest absolute Gasteiger partial charge is 0.301 e. The van der Waals surface area contributed by atoms with E-state index in [0.29, 0.717) is 16.6 Å². The van der Waals surface area contributed by atoms with E-state index >= 15 is 0 Å². The minimum atomic E-state index is -0.194. The normalized spacial score (nSPS) is 13.8. The fourth-order valence-electron chi connectivity index (χ4n) is 2.25. The monoisotopic (exact) mass is 329 g/mol. The number of nitrogens with zero attached hydrogens (tertiary/aromatic N) is 2. The lowest BCUT2D eigenvalue weighted by atomic mass is 10.0. The van der Waals surface area contributed by atoms with Crippen molar-refractivity contribution in [2.24, 2.45) is 0 Å². The van der Waals surface area contributed by atoms with Gasteiger partial charge >= 0.3 is 0 Å². The van der Waals surface area contributed by atoms with Crippen LogP contribution >= 0.6 is 11.3 Å². The molecule has 1 aromatic carbocycles. The minimum Gasteiger partial charge on any atom is -0.301 e. The number of aromatic nitrogens is 2. The fraction of sp³-hybridized carbons (Fsp3) is 0.412. The molecule has 0 atom stereocenters. The van der Waals surface area contributed by atoms with E-state index < -0.39 is 0 Å². The number of Topliss-reactive ketones (excluding diaryl/α,β-unsaturated/α-hetero) is 1. The van der Waals surface area contributed by atoms with E-state index in [0.717, 1.165) is 29.0 Å². The fourth-order valence-corrected chi connectivity index (χ4v) is 3.18. The topological polar surface area (TPSA) is 72.0 Å². The predicted molar refractivity (Wildman–Crippen MR) is 90.0 cm³/mol. The standard InChI is InChI=1S/C17H19N3O2S/c1-10-3-4-13(9-11(10)2)14(21)7-8-15(22)18-17-20-19-16(23-17)12-5-6-12/h3-4,9,12H,5-8H2,1-2H3,(H,18,20,22). The molecule has 0 saturated heterocycles. The van der Waals surface area contributed by atoms with Gasteiger partial charge in [0.2, 0.25) is 11.0 Å². The maximum Gasteiger partial charge on any atom is 0.226 e. The van der Waals surface area contributed by atoms with Crippen molar-refractivity contribution in [1.29, 1.82) is 0 Å². The second-order valence-corrected chi connectivity index (χ2v) is 7.00. The smallest absolute Gasteiger partial charge is 0.226 e. The van der Waals surface area contributed by atoms with Gasteiger partial charge in [-0.25, -0.2) is 0 Å². The molecule has 1 fully saturated rings. The second kappa shape index (κ2) is 6.58. The molecule has 6 heteroatoms. The molecule has 5 nitrogen and oxygen atoms in total. The number of rotatable bonds is 6. The van der Waals surface area contributed by atoms with Crippen molar-refractivity contribution in [3.8, 4) is 0 Å². The number of nitrogens with one attached hydrogen (secondary N) is 1. The summed E-state index contributed by atoms with van der Waals surface area (Å²) >= 11 is 1.43. The highest BCUT2D eigenvalue weighted by atomic mass is 32.1. The average molecular weight is 329 g/mol. The van der Waals surface area contributed by atoms with Gasteiger partial charge in [-0.15, -0.1) is 10.2 Å². The van der Waals surface area contributed by atoms with Crippen LogP contribution in [0.5, 0.6) is 0 Å². The molecule has 3 rings (SSSR count). The van der Waals surface area contributed by atoms with E-state index in [-0.39, 0.29) is 24.5 Å². The Morgan fingerprint density at radius 3 is 2.65 bits per heavy atom. The summed E-state index contributed by atoms with van der Waals surface area (Å²) in [6.45, 7) is 3.99. The Kier molecular flexibility index (Phi) is 4.52. The summed E-state index contributed by atoms with van der Waals surface area (Å²) in [6.07, 6.45) is 2.67. The maximum absolute atomic E-state index is 12.2. The highest BCUT2D eigenvalue weighted by molar-refractivity contribution is 7.15. The van der Waals surface area contributed by atoms with Crippen LogP contribution in [0.15, 0.2) is 18.2 Å². The van der Waals surface area contributed by atoms with E-state index in [1.807, 2.05) is 32.0 Å². The molecule has 23 heavy (non-hydrogen) atoms. The van der Waals surface area contributed by atoms with E-state index in [1.165, 1.54) is 11.3 Å². The van der Waals surface area contributed by atoms with Crippen LogP contribution in [0, 0.1) is 13.8 Å². The third kappa shape index (κ3) is 4.01. The van der Waals surface area contributed by atoms with Gasteiger partial charge in [0.05, 0.1) is 0 Å². The second-order valence-electron chi connectivity index (χ2n) is 5.99. The zero-order chi connectivity index (χ0) is 16.4. The van der Waals surface area contributed by atoms with Gasteiger partial charge < -0.3 is 5.32 Å². The van der Waals surface area contributed by atoms with Gasteiger partial charge in [-0.05, 0) is 43.9 Å². The van der Waals surface area contributed by atoms with Crippen LogP contribution in [0.4, 0.5) is 5.13 Å². The summed E-state index contributed by atoms with van der Waals surface area (Å²) in [6, 6.07) is 5.63. The molecule has 0 bridgehead atoms. The molecular weight excluding hydrogens is 310 g/mol. The molecule has 0 aliphatic heterocycles. The van der Waals surface area contributed by atoms with Crippen LogP contribution in [0.25, 0.3) is 0 Å². The van der Waals surface area contributed by atoms with Crippen LogP contribution < -0.4 is 5.32 Å². The molecule has 120 valence electrons. The van der Waals surface area contributed by atoms with Gasteiger partial charge in [0.25, 0.3) is 0 Å². The SMILES string of the molecule is Cc1ccc(C(=O)CCC(=O)Nc2nnc(C3CC3)s2)cc1C. The number of aryl methyl sites for hydroxylation is 2. The summed E-state index contributed by atoms with van der Waals surface area (Å²) in [7, 11) is 0. The van der Waals surface area contributed by atoms with Gasteiger partial charge in [-0.3, -0.25) is 9.59 Å². The Morgan fingerprint density at radius 1 is 1.17 bits per heavy atom. The summed E-state index contributed by atoms with van der Waals surface area (Å²) < 4.78 is 0. The van der Waals surface area contributed by atoms with Crippen molar-refractivity contribution < 1.29 is 9.59 Å². The highest BCUT2D eigenvalue weighted by Crippen LogP contribution is 2.42. The third-order valence-electron chi connectivity index (χ3n) is 4.02. The van der Waals surface area contributed by atoms with Gasteiger partial charge in [0.1, 0.15) is 5.01 Å². The molecular formula is C17H19N3O2S. The first-order valence-electron chi connectivity index (χ1n) is 7.76. The van der Waals surface area contributed by atoms with Crippen LogP contribution in [0.1, 0.15) is 58.1 Å². The number of benzene rings is 1. The van der Waals surface area contributed by atoms with Crippen molar-refractivity contribution in [2.75, 3.05) is 5.32 Å². The van der Waals surface area contributed by atoms with Crippen LogP contribution in [0.2, 0.25) is 0 Å². The minimum absolute atomic E-state index is 0.0146. The first kappa shape index (κ1) is 15.8. The first-order chi connectivity index (χ1) is 11.0. The molecule has 1 aromatic heterocycles. The van der Waals surface area contributed by atoms with Crippen molar-refractivity contribution in [2.45, 2.75) is 45.4 Å². The van der Waals surface area contributed by atoms with Crippen molar-refractivity contribution in [3.05, 3.63) is 39.9 Å². The molecule has 0 spiro atoms. The highest BCUT2D eigenvalue weighted by Gasteiger charge is 2.27. The molecule has 2 aromatic rings. The summed E-state index contributed by atoms with van der Waals surface area (Å²) in [5.74, 6) is 0.323. The lowest BCUT2D eigenvalue weighted by Gasteiger charge is -2.04. The van der Waals surface area contributed by atoms with Gasteiger partial charge in [0, 0.05) is 24.3 Å². The molecule has 1 amide bonds. The number of hydrogen-bond donors (Lipinski definition) is 1. The van der Waals surface area contributed by atoms with Gasteiger partial charge in [-0.1, -0.05) is 23.5 Å². The van der Waals surface area contributed by atoms with Crippen LogP contribution in [-0.2, 0) is 4.79 Å². The third-order valence-corrected chi connectivity index (χ3v) is 5.02. The summed E-state index contributed by atoms with van der Waals surface area (Å²) in [4.78, 5) is 24.1. The maximum atomic E-state index is 12.2. The molecule has 1 heterocycles. The van der Waals surface area contributed by atoms with E-state index in [9.17, 15) is 9.59 Å². The predicted octanol–water partition coefficient (Wildman–Crippen LogP) is 3.63. The zero-order valence-electron chi connectivity index (χ0n) is 13.3. The van der Waals surface area contributed by atoms with E-state index in [2.05, 4.69) is 15.5 Å². The number of carbonyl (C=O) groups excluding carboxylic acids is 2. The molecule has 0 unspecified atom stereocenters. The number of anilines is 1. The van der Waals surface area contributed by atoms with Gasteiger partial charge in [0.15, 0.2) is 5.78 Å². The Hall–Kier alpha value is -2.08. The Bertz CT molecular complexity index is 750. The molecule has 1 saturated carbocycles. The Labute approximate surface area is 139 Å². The number of hydrogen-bond acceptors (Lipinski definition) is 5. The zero-order valence-corrected chi connectivity index (χ0v) is 14.1. The Balaban J connectivity index is 1.51. The molecule has 1 aliphatic rings. The lowest BCUT2D eigenvalue weighted by molar-refractivity contribution is -0.116. The quantitative estimate of drug-likeness (QED) is 0.821. The molecule has 0 radical (unpaired) electrons. The van der Waals surface area contributed by atoms with Crippen LogP contribution in [-0.4, -0.2) is 21.9 Å². The molecule has 1 aliphatic carbocycles. The van der Waals surface area contributed by atoms with Crippen molar-refractivity contribution in [1.82, 2.24) is 10.2 Å². The van der Waals surface area contributed by atoms with E-state index in [4.69, 9.17) is 0 Å². The van der Waals surface area contributed by atoms with Crippen molar-refractivity contribution in [3.63, 3.8) is 0 Å².